The Hall–Kier alpha value is -2.95. The van der Waals surface area contributed by atoms with Gasteiger partial charge in [0.05, 0.1) is 5.56 Å². The average molecular weight is 442 g/mol. The summed E-state index contributed by atoms with van der Waals surface area (Å²) in [6, 6.07) is 15.4. The summed E-state index contributed by atoms with van der Waals surface area (Å²) in [4.78, 5) is 0. The maximum absolute atomic E-state index is 15.0. The van der Waals surface area contributed by atoms with Crippen LogP contribution in [-0.2, 0) is 12.6 Å². The number of alkyl halides is 3. The summed E-state index contributed by atoms with van der Waals surface area (Å²) >= 11 is 0. The summed E-state index contributed by atoms with van der Waals surface area (Å²) in [6.07, 6.45) is 0.956. The minimum Gasteiger partial charge on any atom is -0.206 e. The van der Waals surface area contributed by atoms with E-state index in [1.165, 1.54) is 30.9 Å². The molecular formula is C27H23F5. The van der Waals surface area contributed by atoms with E-state index in [4.69, 9.17) is 0 Å². The lowest BCUT2D eigenvalue weighted by Crippen LogP contribution is -2.07. The van der Waals surface area contributed by atoms with Crippen LogP contribution in [0.5, 0.6) is 0 Å². The van der Waals surface area contributed by atoms with Gasteiger partial charge in [-0.05, 0) is 69.8 Å². The van der Waals surface area contributed by atoms with E-state index in [9.17, 15) is 22.0 Å². The van der Waals surface area contributed by atoms with Crippen LogP contribution in [-0.4, -0.2) is 0 Å². The second kappa shape index (κ2) is 8.89. The molecule has 0 fully saturated rings. The number of halogens is 5. The van der Waals surface area contributed by atoms with Gasteiger partial charge in [-0.3, -0.25) is 0 Å². The molecule has 0 spiro atoms. The van der Waals surface area contributed by atoms with Crippen LogP contribution >= 0.6 is 0 Å². The first kappa shape index (κ1) is 22.3. The molecule has 0 bridgehead atoms. The fourth-order valence-electron chi connectivity index (χ4n) is 4.18. The normalized spacial score (nSPS) is 12.1. The van der Waals surface area contributed by atoms with E-state index in [1.54, 1.807) is 6.07 Å². The van der Waals surface area contributed by atoms with E-state index < -0.39 is 23.4 Å². The van der Waals surface area contributed by atoms with Gasteiger partial charge in [-0.25, -0.2) is 8.78 Å². The third-order valence-corrected chi connectivity index (χ3v) is 5.89. The van der Waals surface area contributed by atoms with E-state index in [0.717, 1.165) is 41.1 Å². The number of benzene rings is 4. The molecule has 0 heterocycles. The standard InChI is InChI=1S/C27H23F5/c1-2-3-4-5-6-17-7-11-21-18(13-17)8-9-19-14-23(25(28)16-22(19)21)20-10-12-24(26(29)15-20)27(30,31)32/h7-16H,2-6H2,1H3. The van der Waals surface area contributed by atoms with E-state index in [-0.39, 0.29) is 11.1 Å². The third-order valence-electron chi connectivity index (χ3n) is 5.89. The van der Waals surface area contributed by atoms with Crippen LogP contribution in [0, 0.1) is 11.6 Å². The second-order valence-electron chi connectivity index (χ2n) is 8.18. The minimum atomic E-state index is -4.79. The zero-order chi connectivity index (χ0) is 22.9. The highest BCUT2D eigenvalue weighted by molar-refractivity contribution is 6.08. The molecule has 0 aliphatic heterocycles. The Balaban J connectivity index is 1.71. The maximum atomic E-state index is 15.0. The van der Waals surface area contributed by atoms with Gasteiger partial charge in [-0.15, -0.1) is 0 Å². The molecule has 4 rings (SSSR count). The predicted molar refractivity (Wildman–Crippen MR) is 120 cm³/mol. The lowest BCUT2D eigenvalue weighted by atomic mass is 9.95. The van der Waals surface area contributed by atoms with Crippen LogP contribution in [0.2, 0.25) is 0 Å². The SMILES string of the molecule is CCCCCCc1ccc2c(ccc3cc(-c4ccc(C(F)(F)F)c(F)c4)c(F)cc32)c1. The number of hydrogen-bond acceptors (Lipinski definition) is 0. The lowest BCUT2D eigenvalue weighted by molar-refractivity contribution is -0.139. The molecule has 0 atom stereocenters. The molecule has 0 saturated carbocycles. The van der Waals surface area contributed by atoms with Crippen molar-refractivity contribution in [1.29, 1.82) is 0 Å². The molecule has 4 aromatic rings. The zero-order valence-corrected chi connectivity index (χ0v) is 17.7. The third kappa shape index (κ3) is 4.47. The van der Waals surface area contributed by atoms with Crippen molar-refractivity contribution in [2.45, 2.75) is 45.2 Å². The van der Waals surface area contributed by atoms with Gasteiger partial charge in [0.1, 0.15) is 11.6 Å². The fourth-order valence-corrected chi connectivity index (χ4v) is 4.18. The maximum Gasteiger partial charge on any atom is 0.419 e. The van der Waals surface area contributed by atoms with Gasteiger partial charge in [0.15, 0.2) is 0 Å². The Kier molecular flexibility index (Phi) is 6.18. The van der Waals surface area contributed by atoms with Crippen molar-refractivity contribution in [3.8, 4) is 11.1 Å². The van der Waals surface area contributed by atoms with Crippen molar-refractivity contribution in [1.82, 2.24) is 0 Å². The van der Waals surface area contributed by atoms with Crippen LogP contribution in [0.15, 0.2) is 60.7 Å². The van der Waals surface area contributed by atoms with E-state index in [2.05, 4.69) is 19.1 Å². The van der Waals surface area contributed by atoms with Crippen molar-refractivity contribution >= 4 is 21.5 Å². The first-order valence-corrected chi connectivity index (χ1v) is 10.8. The molecular weight excluding hydrogens is 419 g/mol. The Morgan fingerprint density at radius 2 is 1.44 bits per heavy atom. The van der Waals surface area contributed by atoms with Gasteiger partial charge in [-0.1, -0.05) is 62.6 Å². The molecule has 166 valence electrons. The van der Waals surface area contributed by atoms with Gasteiger partial charge < -0.3 is 0 Å². The molecule has 0 aliphatic rings. The predicted octanol–water partition coefficient (Wildman–Crippen LogP) is 9.08. The lowest BCUT2D eigenvalue weighted by Gasteiger charge is -2.12. The number of unbranched alkanes of at least 4 members (excludes halogenated alkanes) is 3. The minimum absolute atomic E-state index is 0.0667. The van der Waals surface area contributed by atoms with E-state index in [1.807, 2.05) is 18.2 Å². The molecule has 0 N–H and O–H groups in total. The Bertz CT molecular complexity index is 1270. The van der Waals surface area contributed by atoms with Crippen LogP contribution < -0.4 is 0 Å². The molecule has 0 aromatic heterocycles. The highest BCUT2D eigenvalue weighted by Gasteiger charge is 2.34. The smallest absolute Gasteiger partial charge is 0.206 e. The first-order chi connectivity index (χ1) is 15.3. The quantitative estimate of drug-likeness (QED) is 0.159. The molecule has 0 saturated heterocycles. The molecule has 0 aliphatic carbocycles. The molecule has 0 unspecified atom stereocenters. The molecule has 5 heteroatoms. The summed E-state index contributed by atoms with van der Waals surface area (Å²) in [5.74, 6) is -2.02. The van der Waals surface area contributed by atoms with Crippen molar-refractivity contribution < 1.29 is 22.0 Å². The summed E-state index contributed by atoms with van der Waals surface area (Å²) in [7, 11) is 0. The van der Waals surface area contributed by atoms with Crippen LogP contribution in [0.3, 0.4) is 0 Å². The molecule has 4 aromatic carbocycles. The van der Waals surface area contributed by atoms with Crippen LogP contribution in [0.1, 0.15) is 43.7 Å². The summed E-state index contributed by atoms with van der Waals surface area (Å²) in [5, 5.41) is 3.38. The zero-order valence-electron chi connectivity index (χ0n) is 17.7. The van der Waals surface area contributed by atoms with E-state index >= 15 is 0 Å². The summed E-state index contributed by atoms with van der Waals surface area (Å²) < 4.78 is 67.5. The molecule has 0 radical (unpaired) electrons. The molecule has 32 heavy (non-hydrogen) atoms. The van der Waals surface area contributed by atoms with Gasteiger partial charge in [0.25, 0.3) is 0 Å². The largest absolute Gasteiger partial charge is 0.419 e. The highest BCUT2D eigenvalue weighted by atomic mass is 19.4. The van der Waals surface area contributed by atoms with E-state index in [0.29, 0.717) is 11.5 Å². The first-order valence-electron chi connectivity index (χ1n) is 10.8. The fraction of sp³-hybridized carbons (Fsp3) is 0.259. The van der Waals surface area contributed by atoms with Crippen LogP contribution in [0.25, 0.3) is 32.7 Å². The number of aryl methyl sites for hydroxylation is 1. The second-order valence-corrected chi connectivity index (χ2v) is 8.18. The number of rotatable bonds is 6. The monoisotopic (exact) mass is 442 g/mol. The van der Waals surface area contributed by atoms with Crippen molar-refractivity contribution in [3.05, 3.63) is 83.4 Å². The number of fused-ring (bicyclic) bond motifs is 3. The van der Waals surface area contributed by atoms with Crippen molar-refractivity contribution in [2.24, 2.45) is 0 Å². The van der Waals surface area contributed by atoms with Crippen LogP contribution in [0.4, 0.5) is 22.0 Å². The topological polar surface area (TPSA) is 0 Å². The Morgan fingerprint density at radius 1 is 0.688 bits per heavy atom. The Morgan fingerprint density at radius 3 is 2.12 bits per heavy atom. The molecule has 0 nitrogen and oxygen atoms in total. The van der Waals surface area contributed by atoms with Gasteiger partial charge in [0.2, 0.25) is 0 Å². The van der Waals surface area contributed by atoms with Gasteiger partial charge in [0, 0.05) is 5.56 Å². The van der Waals surface area contributed by atoms with Gasteiger partial charge in [-0.2, -0.15) is 13.2 Å². The number of hydrogen-bond donors (Lipinski definition) is 0. The molecule has 0 amide bonds. The average Bonchev–Trinajstić information content (AvgIpc) is 2.75. The van der Waals surface area contributed by atoms with Crippen molar-refractivity contribution in [3.63, 3.8) is 0 Å². The van der Waals surface area contributed by atoms with Gasteiger partial charge >= 0.3 is 6.18 Å². The Labute approximate surface area is 183 Å². The summed E-state index contributed by atoms with van der Waals surface area (Å²) in [5.41, 5.74) is 0.0126. The van der Waals surface area contributed by atoms with Crippen molar-refractivity contribution in [2.75, 3.05) is 0 Å². The highest BCUT2D eigenvalue weighted by Crippen LogP contribution is 2.36. The summed E-state index contributed by atoms with van der Waals surface area (Å²) in [6.45, 7) is 2.18.